The summed E-state index contributed by atoms with van der Waals surface area (Å²) < 4.78 is 5.31. The van der Waals surface area contributed by atoms with E-state index in [1.807, 2.05) is 20.8 Å². The Kier molecular flexibility index (Phi) is 7.02. The third-order valence-electron chi connectivity index (χ3n) is 5.67. The second kappa shape index (κ2) is 9.70. The second-order valence-electron chi connectivity index (χ2n) is 8.06. The van der Waals surface area contributed by atoms with Crippen LogP contribution in [0.5, 0.6) is 0 Å². The summed E-state index contributed by atoms with van der Waals surface area (Å²) in [7, 11) is 0. The van der Waals surface area contributed by atoms with Gasteiger partial charge in [-0.25, -0.2) is 4.79 Å². The van der Waals surface area contributed by atoms with Gasteiger partial charge in [0.2, 0.25) is 0 Å². The Morgan fingerprint density at radius 2 is 1.90 bits per heavy atom. The number of nitro groups is 1. The molecule has 0 aromatic heterocycles. The molecule has 1 saturated heterocycles. The van der Waals surface area contributed by atoms with Gasteiger partial charge in [0, 0.05) is 30.7 Å². The molecule has 0 bridgehead atoms. The van der Waals surface area contributed by atoms with Crippen LogP contribution in [0.4, 0.5) is 11.4 Å². The predicted octanol–water partition coefficient (Wildman–Crippen LogP) is 2.36. The number of rotatable bonds is 7. The van der Waals surface area contributed by atoms with E-state index >= 15 is 0 Å². The van der Waals surface area contributed by atoms with Crippen molar-refractivity contribution in [1.29, 1.82) is 0 Å². The summed E-state index contributed by atoms with van der Waals surface area (Å²) in [6.07, 6.45) is 1.71. The first kappa shape index (κ1) is 22.4. The molecular formula is C23H28N3O5+. The average Bonchev–Trinajstić information content (AvgIpc) is 3.19. The number of quaternary nitrogens is 1. The van der Waals surface area contributed by atoms with Gasteiger partial charge in [-0.15, -0.1) is 0 Å². The number of nitrogens with zero attached hydrogens (tertiary/aromatic N) is 1. The zero-order chi connectivity index (χ0) is 22.5. The van der Waals surface area contributed by atoms with Crippen LogP contribution in [0.15, 0.2) is 36.4 Å². The minimum Gasteiger partial charge on any atom is -0.456 e. The lowest BCUT2D eigenvalue weighted by Crippen LogP contribution is -3.15. The largest absolute Gasteiger partial charge is 0.456 e. The van der Waals surface area contributed by atoms with Crippen LogP contribution in [0.25, 0.3) is 0 Å². The van der Waals surface area contributed by atoms with E-state index in [1.54, 1.807) is 0 Å². The zero-order valence-electron chi connectivity index (χ0n) is 18.1. The molecular weight excluding hydrogens is 398 g/mol. The fourth-order valence-electron chi connectivity index (χ4n) is 4.22. The molecule has 2 aromatic carbocycles. The van der Waals surface area contributed by atoms with E-state index in [1.165, 1.54) is 24.3 Å². The summed E-state index contributed by atoms with van der Waals surface area (Å²) in [5.41, 5.74) is 4.08. The molecule has 1 unspecified atom stereocenters. The fraction of sp³-hybridized carbons (Fsp3) is 0.391. The van der Waals surface area contributed by atoms with Crippen molar-refractivity contribution < 1.29 is 24.1 Å². The van der Waals surface area contributed by atoms with Gasteiger partial charge < -0.3 is 15.0 Å². The quantitative estimate of drug-likeness (QED) is 0.402. The van der Waals surface area contributed by atoms with Crippen molar-refractivity contribution in [2.75, 3.05) is 25.0 Å². The van der Waals surface area contributed by atoms with E-state index in [0.29, 0.717) is 6.54 Å². The van der Waals surface area contributed by atoms with Crippen molar-refractivity contribution in [3.63, 3.8) is 0 Å². The van der Waals surface area contributed by atoms with E-state index in [9.17, 15) is 19.7 Å². The molecule has 1 amide bonds. The highest BCUT2D eigenvalue weighted by Gasteiger charge is 2.35. The molecule has 2 atom stereocenters. The number of ether oxygens (including phenoxy) is 1. The third kappa shape index (κ3) is 5.46. The average molecular weight is 426 g/mol. The molecule has 0 radical (unpaired) electrons. The standard InChI is InChI=1S/C23H27N3O5/c1-15-12-16(2)21(17(3)13-15)24-22(27)20-8-5-9-25(20)10-11-31-23(28)18-6-4-7-19(14-18)26(29)30/h4,6-7,12-14,20H,5,8-11H2,1-3H3,(H,24,27)/p+1/t20-/m1/s1. The van der Waals surface area contributed by atoms with E-state index in [4.69, 9.17) is 4.74 Å². The van der Waals surface area contributed by atoms with Gasteiger partial charge in [-0.3, -0.25) is 14.9 Å². The van der Waals surface area contributed by atoms with Gasteiger partial charge in [0.25, 0.3) is 11.6 Å². The van der Waals surface area contributed by atoms with Crippen LogP contribution in [0.2, 0.25) is 0 Å². The summed E-state index contributed by atoms with van der Waals surface area (Å²) in [6, 6.07) is 9.37. The Morgan fingerprint density at radius 1 is 1.19 bits per heavy atom. The van der Waals surface area contributed by atoms with E-state index < -0.39 is 10.9 Å². The first-order valence-corrected chi connectivity index (χ1v) is 10.4. The van der Waals surface area contributed by atoms with Gasteiger partial charge in [0.1, 0.15) is 13.2 Å². The number of amides is 1. The van der Waals surface area contributed by atoms with Gasteiger partial charge in [-0.05, 0) is 38.0 Å². The number of carbonyl (C=O) groups is 2. The highest BCUT2D eigenvalue weighted by Crippen LogP contribution is 2.22. The fourth-order valence-corrected chi connectivity index (χ4v) is 4.22. The highest BCUT2D eigenvalue weighted by atomic mass is 16.6. The number of anilines is 1. The smallest absolute Gasteiger partial charge is 0.338 e. The van der Waals surface area contributed by atoms with Gasteiger partial charge >= 0.3 is 5.97 Å². The number of hydrogen-bond donors (Lipinski definition) is 2. The minimum atomic E-state index is -0.603. The lowest BCUT2D eigenvalue weighted by atomic mass is 10.0. The number of nitro benzene ring substituents is 1. The first-order chi connectivity index (χ1) is 14.8. The lowest BCUT2D eigenvalue weighted by Gasteiger charge is -2.22. The van der Waals surface area contributed by atoms with Crippen LogP contribution in [0, 0.1) is 30.9 Å². The Bertz CT molecular complexity index is 981. The number of hydrogen-bond acceptors (Lipinski definition) is 5. The summed E-state index contributed by atoms with van der Waals surface area (Å²) in [4.78, 5) is 36.5. The number of aryl methyl sites for hydroxylation is 3. The maximum atomic E-state index is 12.9. The summed E-state index contributed by atoms with van der Waals surface area (Å²) >= 11 is 0. The van der Waals surface area contributed by atoms with Crippen LogP contribution in [0.1, 0.15) is 39.9 Å². The van der Waals surface area contributed by atoms with Crippen LogP contribution in [-0.2, 0) is 9.53 Å². The molecule has 31 heavy (non-hydrogen) atoms. The SMILES string of the molecule is Cc1cc(C)c(NC(=O)[C@H]2CCC[NH+]2CCOC(=O)c2cccc([N+](=O)[O-])c2)c(C)c1. The van der Waals surface area contributed by atoms with Crippen molar-refractivity contribution in [2.24, 2.45) is 0 Å². The molecule has 164 valence electrons. The van der Waals surface area contributed by atoms with Crippen molar-refractivity contribution in [2.45, 2.75) is 39.7 Å². The molecule has 8 heteroatoms. The monoisotopic (exact) mass is 426 g/mol. The molecule has 2 aromatic rings. The molecule has 0 aliphatic carbocycles. The minimum absolute atomic E-state index is 0.0208. The molecule has 8 nitrogen and oxygen atoms in total. The lowest BCUT2D eigenvalue weighted by molar-refractivity contribution is -0.903. The molecule has 1 aliphatic heterocycles. The maximum absolute atomic E-state index is 12.9. The van der Waals surface area contributed by atoms with Gasteiger partial charge in [-0.1, -0.05) is 23.8 Å². The number of esters is 1. The Hall–Kier alpha value is -3.26. The third-order valence-corrected chi connectivity index (χ3v) is 5.67. The van der Waals surface area contributed by atoms with E-state index in [0.717, 1.165) is 46.7 Å². The second-order valence-corrected chi connectivity index (χ2v) is 8.06. The summed E-state index contributed by atoms with van der Waals surface area (Å²) in [5.74, 6) is -0.623. The maximum Gasteiger partial charge on any atom is 0.338 e. The molecule has 1 aliphatic rings. The van der Waals surface area contributed by atoms with E-state index in [-0.39, 0.29) is 29.8 Å². The Morgan fingerprint density at radius 3 is 2.58 bits per heavy atom. The van der Waals surface area contributed by atoms with E-state index in [2.05, 4.69) is 17.4 Å². The zero-order valence-corrected chi connectivity index (χ0v) is 18.1. The number of nitrogens with one attached hydrogen (secondary N) is 2. The van der Waals surface area contributed by atoms with Crippen LogP contribution in [-0.4, -0.2) is 42.5 Å². The van der Waals surface area contributed by atoms with Crippen molar-refractivity contribution >= 4 is 23.3 Å². The first-order valence-electron chi connectivity index (χ1n) is 10.4. The Balaban J connectivity index is 1.56. The highest BCUT2D eigenvalue weighted by molar-refractivity contribution is 5.95. The van der Waals surface area contributed by atoms with Gasteiger partial charge in [-0.2, -0.15) is 0 Å². The molecule has 2 N–H and O–H groups in total. The number of benzene rings is 2. The molecule has 0 spiro atoms. The van der Waals surface area contributed by atoms with Crippen LogP contribution in [0.3, 0.4) is 0 Å². The molecule has 1 heterocycles. The predicted molar refractivity (Wildman–Crippen MR) is 116 cm³/mol. The van der Waals surface area contributed by atoms with Crippen molar-refractivity contribution in [3.05, 3.63) is 68.8 Å². The number of likely N-dealkylation sites (tertiary alicyclic amines) is 1. The van der Waals surface area contributed by atoms with Gasteiger partial charge in [0.15, 0.2) is 6.04 Å². The topological polar surface area (TPSA) is 103 Å². The normalized spacial score (nSPS) is 17.9. The summed E-state index contributed by atoms with van der Waals surface area (Å²) in [6.45, 7) is 7.49. The molecule has 0 saturated carbocycles. The van der Waals surface area contributed by atoms with Crippen LogP contribution < -0.4 is 10.2 Å². The molecule has 1 fully saturated rings. The number of carbonyl (C=O) groups excluding carboxylic acids is 2. The number of non-ortho nitro benzene ring substituents is 1. The summed E-state index contributed by atoms with van der Waals surface area (Å²) in [5, 5.41) is 14.0. The van der Waals surface area contributed by atoms with Gasteiger partial charge in [0.05, 0.1) is 17.0 Å². The van der Waals surface area contributed by atoms with Crippen molar-refractivity contribution in [1.82, 2.24) is 0 Å². The molecule has 3 rings (SSSR count). The Labute approximate surface area is 181 Å². The van der Waals surface area contributed by atoms with Crippen LogP contribution >= 0.6 is 0 Å². The van der Waals surface area contributed by atoms with Crippen molar-refractivity contribution in [3.8, 4) is 0 Å².